The average Bonchev–Trinajstić information content (AvgIpc) is 3.11. The van der Waals surface area contributed by atoms with Crippen LogP contribution < -0.4 is 5.32 Å². The van der Waals surface area contributed by atoms with Gasteiger partial charge in [0.1, 0.15) is 12.2 Å². The predicted molar refractivity (Wildman–Crippen MR) is 97.1 cm³/mol. The van der Waals surface area contributed by atoms with Crippen molar-refractivity contribution in [3.05, 3.63) is 36.2 Å². The van der Waals surface area contributed by atoms with Gasteiger partial charge in [0.2, 0.25) is 11.8 Å². The van der Waals surface area contributed by atoms with Crippen LogP contribution in [-0.4, -0.2) is 26.7 Å². The molecule has 0 unspecified atom stereocenters. The molecule has 0 atom stereocenters. The van der Waals surface area contributed by atoms with Crippen molar-refractivity contribution in [1.82, 2.24) is 20.1 Å². The summed E-state index contributed by atoms with van der Waals surface area (Å²) in [6.45, 7) is 8.32. The molecule has 3 aromatic rings. The predicted octanol–water partition coefficient (Wildman–Crippen LogP) is 3.41. The molecule has 0 saturated carbocycles. The second-order valence-electron chi connectivity index (χ2n) is 7.00. The van der Waals surface area contributed by atoms with Crippen LogP contribution >= 0.6 is 0 Å². The Labute approximate surface area is 147 Å². The van der Waals surface area contributed by atoms with Crippen LogP contribution in [-0.2, 0) is 17.8 Å². The largest absolute Gasteiger partial charge is 0.419 e. The lowest BCUT2D eigenvalue weighted by Gasteiger charge is -2.11. The second kappa shape index (κ2) is 7.09. The fraction of sp³-hybridized carbons (Fsp3) is 0.421. The Hall–Kier alpha value is -2.63. The van der Waals surface area contributed by atoms with Gasteiger partial charge in [-0.3, -0.25) is 4.79 Å². The molecular formula is C19H24N4O2. The van der Waals surface area contributed by atoms with E-state index in [1.165, 1.54) is 0 Å². The first-order valence-electron chi connectivity index (χ1n) is 8.64. The molecule has 2 aromatic heterocycles. The van der Waals surface area contributed by atoms with Crippen molar-refractivity contribution in [3.8, 4) is 11.6 Å². The molecule has 0 aliphatic rings. The quantitative estimate of drug-likeness (QED) is 0.746. The highest BCUT2D eigenvalue weighted by molar-refractivity contribution is 5.88. The first kappa shape index (κ1) is 17.2. The number of para-hydroxylation sites is 1. The minimum Gasteiger partial charge on any atom is -0.419 e. The van der Waals surface area contributed by atoms with Crippen molar-refractivity contribution in [1.29, 1.82) is 0 Å². The van der Waals surface area contributed by atoms with Gasteiger partial charge in [0.15, 0.2) is 0 Å². The standard InChI is InChI=1S/C19H24N4O2/c1-12(2)9-18-21-22-19(25-18)16-10-14-7-5-6-8-15(14)23(16)11-17(24)20-13(3)4/h5-8,10,12-13H,9,11H2,1-4H3,(H,20,24). The third-order valence-electron chi connectivity index (χ3n) is 3.83. The summed E-state index contributed by atoms with van der Waals surface area (Å²) in [7, 11) is 0. The molecule has 1 amide bonds. The average molecular weight is 340 g/mol. The fourth-order valence-electron chi connectivity index (χ4n) is 2.86. The molecule has 2 heterocycles. The normalized spacial score (nSPS) is 11.6. The lowest BCUT2D eigenvalue weighted by atomic mass is 10.1. The van der Waals surface area contributed by atoms with E-state index >= 15 is 0 Å². The summed E-state index contributed by atoms with van der Waals surface area (Å²) in [5, 5.41) is 12.3. The van der Waals surface area contributed by atoms with E-state index in [2.05, 4.69) is 29.4 Å². The van der Waals surface area contributed by atoms with Crippen LogP contribution in [0.2, 0.25) is 0 Å². The number of nitrogens with one attached hydrogen (secondary N) is 1. The molecule has 132 valence electrons. The van der Waals surface area contributed by atoms with Crippen molar-refractivity contribution in [3.63, 3.8) is 0 Å². The van der Waals surface area contributed by atoms with E-state index in [1.54, 1.807) is 0 Å². The Bertz CT molecular complexity index is 877. The lowest BCUT2D eigenvalue weighted by molar-refractivity contribution is -0.122. The van der Waals surface area contributed by atoms with Crippen molar-refractivity contribution >= 4 is 16.8 Å². The van der Waals surface area contributed by atoms with Crippen LogP contribution in [0.4, 0.5) is 0 Å². The lowest BCUT2D eigenvalue weighted by Crippen LogP contribution is -2.33. The molecule has 1 aromatic carbocycles. The maximum Gasteiger partial charge on any atom is 0.264 e. The molecule has 0 saturated heterocycles. The number of hydrogen-bond donors (Lipinski definition) is 1. The number of carbonyl (C=O) groups excluding carboxylic acids is 1. The summed E-state index contributed by atoms with van der Waals surface area (Å²) in [6, 6.07) is 10.0. The Morgan fingerprint density at radius 3 is 2.68 bits per heavy atom. The Kier molecular flexibility index (Phi) is 4.88. The number of nitrogens with zero attached hydrogens (tertiary/aromatic N) is 3. The Morgan fingerprint density at radius 2 is 1.96 bits per heavy atom. The SMILES string of the molecule is CC(C)Cc1nnc(-c2cc3ccccc3n2CC(=O)NC(C)C)o1. The van der Waals surface area contributed by atoms with Gasteiger partial charge in [-0.2, -0.15) is 0 Å². The molecule has 0 aliphatic heterocycles. The van der Waals surface area contributed by atoms with Gasteiger partial charge in [-0.1, -0.05) is 32.0 Å². The van der Waals surface area contributed by atoms with Gasteiger partial charge in [0, 0.05) is 23.4 Å². The molecule has 0 fully saturated rings. The summed E-state index contributed by atoms with van der Waals surface area (Å²) >= 11 is 0. The van der Waals surface area contributed by atoms with Gasteiger partial charge in [-0.25, -0.2) is 0 Å². The number of aromatic nitrogens is 3. The van der Waals surface area contributed by atoms with Gasteiger partial charge in [0.05, 0.1) is 0 Å². The first-order valence-corrected chi connectivity index (χ1v) is 8.64. The first-order chi connectivity index (χ1) is 11.9. The topological polar surface area (TPSA) is 73.0 Å². The number of benzene rings is 1. The van der Waals surface area contributed by atoms with Gasteiger partial charge >= 0.3 is 0 Å². The van der Waals surface area contributed by atoms with Crippen LogP contribution in [0.5, 0.6) is 0 Å². The van der Waals surface area contributed by atoms with Gasteiger partial charge in [-0.15, -0.1) is 10.2 Å². The highest BCUT2D eigenvalue weighted by Gasteiger charge is 2.18. The van der Waals surface area contributed by atoms with Crippen LogP contribution in [0.25, 0.3) is 22.5 Å². The number of rotatable bonds is 6. The van der Waals surface area contributed by atoms with E-state index in [9.17, 15) is 4.79 Å². The minimum absolute atomic E-state index is 0.0421. The zero-order chi connectivity index (χ0) is 18.0. The Balaban J connectivity index is 2.00. The van der Waals surface area contributed by atoms with E-state index in [0.717, 1.165) is 23.0 Å². The van der Waals surface area contributed by atoms with Gasteiger partial charge < -0.3 is 14.3 Å². The summed E-state index contributed by atoms with van der Waals surface area (Å²) < 4.78 is 7.77. The molecule has 0 radical (unpaired) electrons. The zero-order valence-electron chi connectivity index (χ0n) is 15.1. The van der Waals surface area contributed by atoms with E-state index in [1.807, 2.05) is 48.7 Å². The highest BCUT2D eigenvalue weighted by Crippen LogP contribution is 2.27. The molecule has 1 N–H and O–H groups in total. The van der Waals surface area contributed by atoms with Crippen molar-refractivity contribution in [2.75, 3.05) is 0 Å². The summed E-state index contributed by atoms with van der Waals surface area (Å²) in [5.41, 5.74) is 1.74. The third-order valence-corrected chi connectivity index (χ3v) is 3.83. The van der Waals surface area contributed by atoms with Crippen molar-refractivity contribution in [2.24, 2.45) is 5.92 Å². The van der Waals surface area contributed by atoms with Crippen LogP contribution in [0.15, 0.2) is 34.7 Å². The van der Waals surface area contributed by atoms with Gasteiger partial charge in [-0.05, 0) is 31.9 Å². The zero-order valence-corrected chi connectivity index (χ0v) is 15.1. The third kappa shape index (κ3) is 3.90. The van der Waals surface area contributed by atoms with Crippen molar-refractivity contribution in [2.45, 2.75) is 46.7 Å². The van der Waals surface area contributed by atoms with Crippen LogP contribution in [0, 0.1) is 5.92 Å². The summed E-state index contributed by atoms with van der Waals surface area (Å²) in [4.78, 5) is 12.3. The van der Waals surface area contributed by atoms with E-state index in [0.29, 0.717) is 17.7 Å². The molecule has 6 nitrogen and oxygen atoms in total. The monoisotopic (exact) mass is 340 g/mol. The fourth-order valence-corrected chi connectivity index (χ4v) is 2.86. The van der Waals surface area contributed by atoms with Crippen molar-refractivity contribution < 1.29 is 9.21 Å². The molecule has 6 heteroatoms. The molecular weight excluding hydrogens is 316 g/mol. The van der Waals surface area contributed by atoms with Crippen LogP contribution in [0.1, 0.15) is 33.6 Å². The molecule has 0 bridgehead atoms. The van der Waals surface area contributed by atoms with Gasteiger partial charge in [0.25, 0.3) is 5.89 Å². The number of amides is 1. The smallest absolute Gasteiger partial charge is 0.264 e. The maximum absolute atomic E-state index is 12.3. The second-order valence-corrected chi connectivity index (χ2v) is 7.00. The van der Waals surface area contributed by atoms with E-state index in [4.69, 9.17) is 4.42 Å². The molecule has 0 aliphatic carbocycles. The molecule has 0 spiro atoms. The number of carbonyl (C=O) groups is 1. The van der Waals surface area contributed by atoms with E-state index in [-0.39, 0.29) is 18.5 Å². The summed E-state index contributed by atoms with van der Waals surface area (Å²) in [6.07, 6.45) is 0.737. The number of hydrogen-bond acceptors (Lipinski definition) is 4. The maximum atomic E-state index is 12.3. The van der Waals surface area contributed by atoms with E-state index < -0.39 is 0 Å². The van der Waals surface area contributed by atoms with Crippen LogP contribution in [0.3, 0.4) is 0 Å². The number of fused-ring (bicyclic) bond motifs is 1. The highest BCUT2D eigenvalue weighted by atomic mass is 16.4. The Morgan fingerprint density at radius 1 is 1.20 bits per heavy atom. The minimum atomic E-state index is -0.0421. The molecule has 25 heavy (non-hydrogen) atoms. The molecule has 3 rings (SSSR count). The summed E-state index contributed by atoms with van der Waals surface area (Å²) in [5.74, 6) is 1.47.